The normalized spacial score (nSPS) is 47.8. The first-order valence-corrected chi connectivity index (χ1v) is 6.29. The SMILES string of the molecule is C#C[C@]1(C)CC[C@@]2(O1)C(C)=CC[C@@H](C)[C@H]2C. The van der Waals surface area contributed by atoms with Gasteiger partial charge in [-0.25, -0.2) is 0 Å². The third kappa shape index (κ3) is 1.52. The molecular formula is C15H22O. The Balaban J connectivity index is 2.36. The van der Waals surface area contributed by atoms with Gasteiger partial charge in [-0.05, 0) is 50.5 Å². The van der Waals surface area contributed by atoms with Crippen molar-refractivity contribution < 1.29 is 4.74 Å². The van der Waals surface area contributed by atoms with Crippen LogP contribution in [0.5, 0.6) is 0 Å². The lowest BCUT2D eigenvalue weighted by molar-refractivity contribution is -0.0886. The van der Waals surface area contributed by atoms with Crippen molar-refractivity contribution in [3.8, 4) is 12.3 Å². The first-order valence-electron chi connectivity index (χ1n) is 6.29. The van der Waals surface area contributed by atoms with Gasteiger partial charge in [0.25, 0.3) is 0 Å². The van der Waals surface area contributed by atoms with E-state index in [9.17, 15) is 0 Å². The smallest absolute Gasteiger partial charge is 0.126 e. The number of rotatable bonds is 0. The van der Waals surface area contributed by atoms with Crippen molar-refractivity contribution in [2.24, 2.45) is 11.8 Å². The van der Waals surface area contributed by atoms with Gasteiger partial charge in [0.15, 0.2) is 0 Å². The summed E-state index contributed by atoms with van der Waals surface area (Å²) in [7, 11) is 0. The Morgan fingerprint density at radius 1 is 1.44 bits per heavy atom. The average molecular weight is 218 g/mol. The summed E-state index contributed by atoms with van der Waals surface area (Å²) in [6.07, 6.45) is 11.1. The van der Waals surface area contributed by atoms with Gasteiger partial charge >= 0.3 is 0 Å². The van der Waals surface area contributed by atoms with Gasteiger partial charge in [-0.15, -0.1) is 6.42 Å². The van der Waals surface area contributed by atoms with E-state index in [0.717, 1.165) is 12.8 Å². The second kappa shape index (κ2) is 3.64. The summed E-state index contributed by atoms with van der Waals surface area (Å²) in [4.78, 5) is 0. The first-order chi connectivity index (χ1) is 7.43. The molecule has 1 fully saturated rings. The Morgan fingerprint density at radius 3 is 2.69 bits per heavy atom. The quantitative estimate of drug-likeness (QED) is 0.446. The van der Waals surface area contributed by atoms with Crippen LogP contribution in [0.3, 0.4) is 0 Å². The Hall–Kier alpha value is -0.740. The number of allylic oxidation sites excluding steroid dienone is 1. The lowest BCUT2D eigenvalue weighted by atomic mass is 9.69. The third-order valence-electron chi connectivity index (χ3n) is 4.74. The van der Waals surface area contributed by atoms with Crippen molar-refractivity contribution in [3.05, 3.63) is 11.6 Å². The largest absolute Gasteiger partial charge is 0.352 e. The minimum atomic E-state index is -0.361. The van der Waals surface area contributed by atoms with Gasteiger partial charge in [-0.1, -0.05) is 25.8 Å². The fourth-order valence-electron chi connectivity index (χ4n) is 3.19. The molecule has 4 atom stereocenters. The molecule has 2 aliphatic rings. The van der Waals surface area contributed by atoms with E-state index in [-0.39, 0.29) is 11.2 Å². The molecule has 1 nitrogen and oxygen atoms in total. The molecule has 0 saturated carbocycles. The molecule has 0 aromatic carbocycles. The van der Waals surface area contributed by atoms with Crippen LogP contribution in [0.15, 0.2) is 11.6 Å². The summed E-state index contributed by atoms with van der Waals surface area (Å²) in [5.74, 6) is 4.07. The van der Waals surface area contributed by atoms with Crippen molar-refractivity contribution in [2.45, 2.75) is 58.2 Å². The second-order valence-electron chi connectivity index (χ2n) is 5.76. The molecule has 0 N–H and O–H groups in total. The van der Waals surface area contributed by atoms with Gasteiger partial charge in [-0.2, -0.15) is 0 Å². The maximum absolute atomic E-state index is 6.32. The molecule has 0 aromatic heterocycles. The summed E-state index contributed by atoms with van der Waals surface area (Å²) in [6.45, 7) is 8.86. The second-order valence-corrected chi connectivity index (χ2v) is 5.76. The van der Waals surface area contributed by atoms with E-state index < -0.39 is 0 Å². The lowest BCUT2D eigenvalue weighted by Crippen LogP contribution is -2.44. The minimum Gasteiger partial charge on any atom is -0.352 e. The highest BCUT2D eigenvalue weighted by molar-refractivity contribution is 5.26. The molecule has 1 heterocycles. The van der Waals surface area contributed by atoms with Crippen molar-refractivity contribution in [2.75, 3.05) is 0 Å². The van der Waals surface area contributed by atoms with Gasteiger partial charge in [-0.3, -0.25) is 0 Å². The highest BCUT2D eigenvalue weighted by Gasteiger charge is 2.52. The zero-order chi connectivity index (χ0) is 12.0. The van der Waals surface area contributed by atoms with Crippen LogP contribution < -0.4 is 0 Å². The molecule has 1 saturated heterocycles. The van der Waals surface area contributed by atoms with E-state index >= 15 is 0 Å². The van der Waals surface area contributed by atoms with Crippen molar-refractivity contribution >= 4 is 0 Å². The highest BCUT2D eigenvalue weighted by atomic mass is 16.5. The highest BCUT2D eigenvalue weighted by Crippen LogP contribution is 2.51. The monoisotopic (exact) mass is 218 g/mol. The topological polar surface area (TPSA) is 9.23 Å². The maximum Gasteiger partial charge on any atom is 0.126 e. The van der Waals surface area contributed by atoms with Gasteiger partial charge in [0.1, 0.15) is 5.60 Å². The predicted molar refractivity (Wildman–Crippen MR) is 67.0 cm³/mol. The summed E-state index contributed by atoms with van der Waals surface area (Å²) < 4.78 is 6.32. The minimum absolute atomic E-state index is 0.0845. The van der Waals surface area contributed by atoms with Crippen LogP contribution in [0.2, 0.25) is 0 Å². The molecule has 0 amide bonds. The number of ether oxygens (including phenoxy) is 1. The standard InChI is InChI=1S/C15H22O/c1-6-14(5)9-10-15(16-14)12(3)8-7-11(2)13(15)4/h1,8,11,13H,7,9-10H2,2-5H3/t11-,13-,14-,15-/m1/s1. The summed E-state index contributed by atoms with van der Waals surface area (Å²) >= 11 is 0. The van der Waals surface area contributed by atoms with Crippen LogP contribution >= 0.6 is 0 Å². The van der Waals surface area contributed by atoms with E-state index in [2.05, 4.69) is 32.8 Å². The molecular weight excluding hydrogens is 196 g/mol. The molecule has 0 unspecified atom stereocenters. The maximum atomic E-state index is 6.32. The Bertz CT molecular complexity index is 362. The Morgan fingerprint density at radius 2 is 2.12 bits per heavy atom. The predicted octanol–water partition coefficient (Wildman–Crippen LogP) is 3.55. The fourth-order valence-corrected chi connectivity index (χ4v) is 3.19. The molecule has 0 radical (unpaired) electrons. The summed E-state index contributed by atoms with van der Waals surface area (Å²) in [5, 5.41) is 0. The summed E-state index contributed by atoms with van der Waals surface area (Å²) in [6, 6.07) is 0. The lowest BCUT2D eigenvalue weighted by Gasteiger charge is -2.43. The van der Waals surface area contributed by atoms with E-state index in [0.29, 0.717) is 11.8 Å². The van der Waals surface area contributed by atoms with Crippen LogP contribution in [0.1, 0.15) is 47.0 Å². The molecule has 1 heteroatoms. The van der Waals surface area contributed by atoms with Crippen LogP contribution in [-0.2, 0) is 4.74 Å². The molecule has 1 aliphatic heterocycles. The van der Waals surface area contributed by atoms with E-state index in [4.69, 9.17) is 11.2 Å². The average Bonchev–Trinajstić information content (AvgIpc) is 2.63. The Kier molecular flexibility index (Phi) is 2.67. The van der Waals surface area contributed by atoms with Crippen molar-refractivity contribution in [1.29, 1.82) is 0 Å². The van der Waals surface area contributed by atoms with Crippen LogP contribution in [0.4, 0.5) is 0 Å². The van der Waals surface area contributed by atoms with E-state index in [1.165, 1.54) is 12.0 Å². The molecule has 1 spiro atoms. The van der Waals surface area contributed by atoms with Gasteiger partial charge in [0.2, 0.25) is 0 Å². The van der Waals surface area contributed by atoms with Crippen molar-refractivity contribution in [1.82, 2.24) is 0 Å². The number of hydrogen-bond acceptors (Lipinski definition) is 1. The van der Waals surface area contributed by atoms with Gasteiger partial charge < -0.3 is 4.74 Å². The molecule has 2 rings (SSSR count). The van der Waals surface area contributed by atoms with Gasteiger partial charge in [0.05, 0.1) is 5.60 Å². The molecule has 1 aliphatic carbocycles. The molecule has 0 bridgehead atoms. The Labute approximate surface area is 99.3 Å². The van der Waals surface area contributed by atoms with E-state index in [1.807, 2.05) is 6.92 Å². The summed E-state index contributed by atoms with van der Waals surface area (Å²) in [5.41, 5.74) is 0.941. The van der Waals surface area contributed by atoms with Crippen LogP contribution in [0, 0.1) is 24.2 Å². The zero-order valence-corrected chi connectivity index (χ0v) is 10.8. The van der Waals surface area contributed by atoms with Crippen molar-refractivity contribution in [3.63, 3.8) is 0 Å². The fraction of sp³-hybridized carbons (Fsp3) is 0.733. The first kappa shape index (κ1) is 11.7. The molecule has 0 aromatic rings. The van der Waals surface area contributed by atoms with Crippen LogP contribution in [0.25, 0.3) is 0 Å². The zero-order valence-electron chi connectivity index (χ0n) is 10.8. The van der Waals surface area contributed by atoms with E-state index in [1.54, 1.807) is 0 Å². The number of hydrogen-bond donors (Lipinski definition) is 0. The third-order valence-corrected chi connectivity index (χ3v) is 4.74. The molecule has 16 heavy (non-hydrogen) atoms. The number of terminal acetylenes is 1. The van der Waals surface area contributed by atoms with Gasteiger partial charge in [0, 0.05) is 0 Å². The van der Waals surface area contributed by atoms with Crippen LogP contribution in [-0.4, -0.2) is 11.2 Å². The molecule has 88 valence electrons.